The summed E-state index contributed by atoms with van der Waals surface area (Å²) in [6.45, 7) is 3.67. The zero-order chi connectivity index (χ0) is 22.6. The Bertz CT molecular complexity index is 1330. The van der Waals surface area contributed by atoms with Gasteiger partial charge in [-0.2, -0.15) is 0 Å². The van der Waals surface area contributed by atoms with Crippen LogP contribution in [0.5, 0.6) is 5.75 Å². The Morgan fingerprint density at radius 3 is 2.44 bits per heavy atom. The van der Waals surface area contributed by atoms with E-state index in [-0.39, 0.29) is 11.7 Å². The monoisotopic (exact) mass is 429 g/mol. The highest BCUT2D eigenvalue weighted by molar-refractivity contribution is 6.17. The molecule has 6 heteroatoms. The van der Waals surface area contributed by atoms with E-state index in [1.165, 1.54) is 6.26 Å². The van der Waals surface area contributed by atoms with Crippen LogP contribution in [0.25, 0.3) is 22.0 Å². The molecule has 0 radical (unpaired) electrons. The van der Waals surface area contributed by atoms with Crippen LogP contribution in [0.2, 0.25) is 0 Å². The Hall–Kier alpha value is -3.80. The van der Waals surface area contributed by atoms with Gasteiger partial charge >= 0.3 is 5.97 Å². The Labute approximate surface area is 185 Å². The molecule has 1 aliphatic heterocycles. The molecule has 3 aromatic rings. The summed E-state index contributed by atoms with van der Waals surface area (Å²) in [4.78, 5) is 24.8. The van der Waals surface area contributed by atoms with Crippen LogP contribution in [0.4, 0.5) is 0 Å². The minimum atomic E-state index is -0.794. The van der Waals surface area contributed by atoms with E-state index in [0.717, 1.165) is 33.3 Å². The number of carbonyl (C=O) groups excluding carboxylic acids is 2. The Morgan fingerprint density at radius 1 is 1.06 bits per heavy atom. The number of aryl methyl sites for hydroxylation is 1. The van der Waals surface area contributed by atoms with Crippen molar-refractivity contribution in [1.29, 1.82) is 0 Å². The predicted molar refractivity (Wildman–Crippen MR) is 120 cm³/mol. The first-order valence-electron chi connectivity index (χ1n) is 10.5. The fraction of sp³-hybridized carbons (Fsp3) is 0.231. The van der Waals surface area contributed by atoms with Crippen LogP contribution in [0.1, 0.15) is 35.8 Å². The third-order valence-electron chi connectivity index (χ3n) is 6.30. The summed E-state index contributed by atoms with van der Waals surface area (Å²) in [5, 5.41) is 1.04. The molecule has 2 aliphatic rings. The summed E-state index contributed by atoms with van der Waals surface area (Å²) in [5.74, 6) is 0.193. The van der Waals surface area contributed by atoms with Gasteiger partial charge in [-0.1, -0.05) is 25.1 Å². The molecule has 1 aromatic heterocycles. The van der Waals surface area contributed by atoms with Gasteiger partial charge in [0.05, 0.1) is 19.1 Å². The molecule has 0 amide bonds. The number of hydrogen-bond acceptors (Lipinski definition) is 5. The molecule has 2 atom stereocenters. The third-order valence-corrected chi connectivity index (χ3v) is 6.30. The molecule has 2 aromatic carbocycles. The summed E-state index contributed by atoms with van der Waals surface area (Å²) >= 11 is 0. The second kappa shape index (κ2) is 7.41. The molecule has 1 aliphatic carbocycles. The van der Waals surface area contributed by atoms with E-state index in [0.29, 0.717) is 16.8 Å². The highest BCUT2D eigenvalue weighted by Gasteiger charge is 2.38. The summed E-state index contributed by atoms with van der Waals surface area (Å²) in [7, 11) is 3.56. The highest BCUT2D eigenvalue weighted by Crippen LogP contribution is 2.44. The Morgan fingerprint density at radius 2 is 1.78 bits per heavy atom. The number of fused-ring (bicyclic) bond motifs is 3. The number of benzene rings is 2. The van der Waals surface area contributed by atoms with Gasteiger partial charge in [0.25, 0.3) is 6.29 Å². The predicted octanol–water partition coefficient (Wildman–Crippen LogP) is 4.88. The van der Waals surface area contributed by atoms with Gasteiger partial charge in [-0.3, -0.25) is 4.79 Å². The third kappa shape index (κ3) is 3.02. The number of allylic oxidation sites excluding steroid dienone is 1. The van der Waals surface area contributed by atoms with Crippen LogP contribution in [0, 0.1) is 0 Å². The maximum Gasteiger partial charge on any atom is 0.336 e. The molecule has 0 saturated carbocycles. The lowest BCUT2D eigenvalue weighted by Gasteiger charge is -2.11. The van der Waals surface area contributed by atoms with Gasteiger partial charge in [-0.25, -0.2) is 4.79 Å². The fourth-order valence-corrected chi connectivity index (χ4v) is 4.51. The van der Waals surface area contributed by atoms with E-state index in [1.807, 2.05) is 42.8 Å². The lowest BCUT2D eigenvalue weighted by atomic mass is 9.96. The number of rotatable bonds is 4. The minimum Gasteiger partial charge on any atom is -0.497 e. The topological polar surface area (TPSA) is 66.8 Å². The Kier molecular flexibility index (Phi) is 4.66. The van der Waals surface area contributed by atoms with Gasteiger partial charge in [-0.15, -0.1) is 0 Å². The van der Waals surface area contributed by atoms with Crippen molar-refractivity contribution >= 4 is 22.7 Å². The van der Waals surface area contributed by atoms with Crippen molar-refractivity contribution in [1.82, 2.24) is 4.57 Å². The Balaban J connectivity index is 1.52. The van der Waals surface area contributed by atoms with Crippen molar-refractivity contribution in [2.24, 2.45) is 7.05 Å². The van der Waals surface area contributed by atoms with E-state index in [4.69, 9.17) is 14.2 Å². The average Bonchev–Trinajstić information content (AvgIpc) is 3.37. The second-order valence-electron chi connectivity index (χ2n) is 8.17. The van der Waals surface area contributed by atoms with Crippen LogP contribution in [0.3, 0.4) is 0 Å². The number of ether oxygens (including phenoxy) is 3. The number of carbonyl (C=O) groups is 2. The van der Waals surface area contributed by atoms with Crippen LogP contribution < -0.4 is 4.74 Å². The average molecular weight is 429 g/mol. The van der Waals surface area contributed by atoms with Crippen LogP contribution >= 0.6 is 0 Å². The molecule has 0 N–H and O–H groups in total. The van der Waals surface area contributed by atoms with E-state index in [9.17, 15) is 9.59 Å². The molecular formula is C26H23NO5. The van der Waals surface area contributed by atoms with Gasteiger partial charge in [0, 0.05) is 41.1 Å². The fourth-order valence-electron chi connectivity index (χ4n) is 4.51. The van der Waals surface area contributed by atoms with Crippen molar-refractivity contribution < 1.29 is 23.8 Å². The molecule has 2 heterocycles. The molecule has 0 bridgehead atoms. The smallest absolute Gasteiger partial charge is 0.336 e. The second-order valence-corrected chi connectivity index (χ2v) is 8.17. The van der Waals surface area contributed by atoms with Crippen molar-refractivity contribution in [2.45, 2.75) is 26.1 Å². The highest BCUT2D eigenvalue weighted by atomic mass is 16.7. The van der Waals surface area contributed by atoms with Crippen molar-refractivity contribution in [3.63, 3.8) is 0 Å². The largest absolute Gasteiger partial charge is 0.497 e. The normalized spacial score (nSPS) is 21.1. The molecule has 0 fully saturated rings. The summed E-state index contributed by atoms with van der Waals surface area (Å²) in [6.07, 6.45) is 2.25. The van der Waals surface area contributed by atoms with Crippen molar-refractivity contribution in [3.8, 4) is 16.9 Å². The van der Waals surface area contributed by atoms with Crippen LogP contribution in [-0.4, -0.2) is 29.7 Å². The lowest BCUT2D eigenvalue weighted by molar-refractivity contribution is -0.152. The standard InChI is InChI=1S/C26H23NO5/c1-14-11-22(32-26(14)29)31-13-20-15(2)23-19-12-17(16-5-8-18(30-4)9-6-16)7-10-21(19)27(3)24(23)25(20)28/h5-13,15,22H,1-4H3/b20-13+. The maximum atomic E-state index is 13.3. The van der Waals surface area contributed by atoms with Crippen molar-refractivity contribution in [3.05, 3.63) is 77.2 Å². The molecule has 32 heavy (non-hydrogen) atoms. The maximum absolute atomic E-state index is 13.3. The minimum absolute atomic E-state index is 0.0674. The molecule has 0 saturated heterocycles. The van der Waals surface area contributed by atoms with Crippen LogP contribution in [-0.2, 0) is 21.3 Å². The van der Waals surface area contributed by atoms with E-state index >= 15 is 0 Å². The summed E-state index contributed by atoms with van der Waals surface area (Å²) < 4.78 is 17.9. The first kappa shape index (κ1) is 20.1. The molecule has 2 unspecified atom stereocenters. The number of Topliss-reactive ketones (excluding diaryl/α,β-unsaturated/α-hetero) is 1. The van der Waals surface area contributed by atoms with E-state index in [1.54, 1.807) is 20.1 Å². The van der Waals surface area contributed by atoms with Gasteiger partial charge in [0.1, 0.15) is 5.75 Å². The van der Waals surface area contributed by atoms with Gasteiger partial charge in [0.2, 0.25) is 5.78 Å². The SMILES string of the molecule is COc1ccc(-c2ccc3c(c2)c2c(n3C)C(=O)/C(=C/OC3C=C(C)C(=O)O3)C2C)cc1. The van der Waals surface area contributed by atoms with Crippen LogP contribution in [0.15, 0.2) is 65.9 Å². The molecular weight excluding hydrogens is 406 g/mol. The summed E-state index contributed by atoms with van der Waals surface area (Å²) in [5.41, 5.74) is 5.87. The number of hydrogen-bond donors (Lipinski definition) is 0. The number of esters is 1. The van der Waals surface area contributed by atoms with Gasteiger partial charge < -0.3 is 18.8 Å². The van der Waals surface area contributed by atoms with Gasteiger partial charge in [-0.05, 0) is 47.9 Å². The summed E-state index contributed by atoms with van der Waals surface area (Å²) in [6, 6.07) is 14.2. The van der Waals surface area contributed by atoms with Gasteiger partial charge in [0.15, 0.2) is 0 Å². The number of ketones is 1. The lowest BCUT2D eigenvalue weighted by Crippen LogP contribution is -2.11. The zero-order valence-electron chi connectivity index (χ0n) is 18.3. The first-order valence-corrected chi connectivity index (χ1v) is 10.5. The molecule has 0 spiro atoms. The van der Waals surface area contributed by atoms with E-state index < -0.39 is 12.3 Å². The van der Waals surface area contributed by atoms with E-state index in [2.05, 4.69) is 18.2 Å². The van der Waals surface area contributed by atoms with Crippen molar-refractivity contribution in [2.75, 3.05) is 7.11 Å². The number of nitrogens with zero attached hydrogens (tertiary/aromatic N) is 1. The first-order chi connectivity index (χ1) is 15.4. The zero-order valence-corrected chi connectivity index (χ0v) is 18.3. The quantitative estimate of drug-likeness (QED) is 0.336. The number of aromatic nitrogens is 1. The molecule has 162 valence electrons. The molecule has 6 nitrogen and oxygen atoms in total. The molecule has 5 rings (SSSR count). The number of cyclic esters (lactones) is 1. The number of methoxy groups -OCH3 is 1.